The summed E-state index contributed by atoms with van der Waals surface area (Å²) in [5, 5.41) is 11.6. The number of hydrogen-bond donors (Lipinski definition) is 2. The Hall–Kier alpha value is -1.31. The van der Waals surface area contributed by atoms with Gasteiger partial charge in [-0.2, -0.15) is 0 Å². The molecule has 0 radical (unpaired) electrons. The van der Waals surface area contributed by atoms with Crippen LogP contribution >= 0.6 is 0 Å². The molecule has 2 unspecified atom stereocenters. The standard InChI is InChI=1S/C13H24N2O5S/c1-9-7-10(11(16)17)5-6-15(9)12(18)14-8-13(2,3)21(4,19)20/h9-10H,5-8H2,1-4H3,(H,14,18)(H,16,17). The first-order valence-corrected chi connectivity index (χ1v) is 8.81. The number of urea groups is 1. The van der Waals surface area contributed by atoms with Crippen LogP contribution in [-0.4, -0.2) is 60.6 Å². The summed E-state index contributed by atoms with van der Waals surface area (Å²) in [7, 11) is -3.27. The van der Waals surface area contributed by atoms with Crippen molar-refractivity contribution in [3.05, 3.63) is 0 Å². The van der Waals surface area contributed by atoms with Crippen LogP contribution < -0.4 is 5.32 Å². The number of nitrogens with one attached hydrogen (secondary N) is 1. The second-order valence-electron chi connectivity index (χ2n) is 6.29. The summed E-state index contributed by atoms with van der Waals surface area (Å²) in [6.07, 6.45) is 1.97. The molecule has 1 saturated heterocycles. The summed E-state index contributed by atoms with van der Waals surface area (Å²) >= 11 is 0. The van der Waals surface area contributed by atoms with Gasteiger partial charge in [0.25, 0.3) is 0 Å². The smallest absolute Gasteiger partial charge is 0.317 e. The number of carbonyl (C=O) groups is 2. The topological polar surface area (TPSA) is 104 Å². The van der Waals surface area contributed by atoms with Gasteiger partial charge in [0, 0.05) is 25.4 Å². The average molecular weight is 320 g/mol. The van der Waals surface area contributed by atoms with Crippen molar-refractivity contribution < 1.29 is 23.1 Å². The van der Waals surface area contributed by atoms with Gasteiger partial charge in [0.2, 0.25) is 0 Å². The van der Waals surface area contributed by atoms with Gasteiger partial charge in [-0.1, -0.05) is 0 Å². The predicted octanol–water partition coefficient (Wildman–Crippen LogP) is 0.704. The van der Waals surface area contributed by atoms with Crippen LogP contribution in [-0.2, 0) is 14.6 Å². The van der Waals surface area contributed by atoms with Crippen LogP contribution in [0.15, 0.2) is 0 Å². The fourth-order valence-electron chi connectivity index (χ4n) is 2.22. The van der Waals surface area contributed by atoms with E-state index >= 15 is 0 Å². The average Bonchev–Trinajstić information content (AvgIpc) is 2.34. The van der Waals surface area contributed by atoms with Crippen molar-refractivity contribution in [1.82, 2.24) is 10.2 Å². The molecular formula is C13H24N2O5S. The maximum atomic E-state index is 12.1. The maximum Gasteiger partial charge on any atom is 0.317 e. The van der Waals surface area contributed by atoms with Crippen LogP contribution in [0.3, 0.4) is 0 Å². The lowest BCUT2D eigenvalue weighted by Crippen LogP contribution is -2.53. The molecule has 0 spiro atoms. The SMILES string of the molecule is CC1CC(C(=O)O)CCN1C(=O)NCC(C)(C)S(C)(=O)=O. The minimum Gasteiger partial charge on any atom is -0.481 e. The highest BCUT2D eigenvalue weighted by atomic mass is 32.2. The molecule has 1 aliphatic heterocycles. The molecule has 8 heteroatoms. The lowest BCUT2D eigenvalue weighted by molar-refractivity contribution is -0.143. The lowest BCUT2D eigenvalue weighted by Gasteiger charge is -2.36. The predicted molar refractivity (Wildman–Crippen MR) is 78.8 cm³/mol. The molecule has 0 aliphatic carbocycles. The van der Waals surface area contributed by atoms with Crippen molar-refractivity contribution >= 4 is 21.8 Å². The molecule has 0 aromatic rings. The van der Waals surface area contributed by atoms with E-state index in [1.807, 2.05) is 0 Å². The molecule has 122 valence electrons. The van der Waals surface area contributed by atoms with E-state index in [4.69, 9.17) is 5.11 Å². The van der Waals surface area contributed by atoms with Crippen molar-refractivity contribution in [2.75, 3.05) is 19.3 Å². The number of rotatable bonds is 4. The van der Waals surface area contributed by atoms with Gasteiger partial charge in [0.1, 0.15) is 0 Å². The fourth-order valence-corrected chi connectivity index (χ4v) is 2.55. The van der Waals surface area contributed by atoms with Crippen molar-refractivity contribution in [1.29, 1.82) is 0 Å². The van der Waals surface area contributed by atoms with E-state index in [9.17, 15) is 18.0 Å². The van der Waals surface area contributed by atoms with Gasteiger partial charge < -0.3 is 15.3 Å². The van der Waals surface area contributed by atoms with Gasteiger partial charge in [-0.15, -0.1) is 0 Å². The van der Waals surface area contributed by atoms with Crippen LogP contribution in [0.25, 0.3) is 0 Å². The molecule has 21 heavy (non-hydrogen) atoms. The van der Waals surface area contributed by atoms with E-state index in [1.165, 1.54) is 0 Å². The van der Waals surface area contributed by atoms with Crippen molar-refractivity contribution in [3.63, 3.8) is 0 Å². The van der Waals surface area contributed by atoms with Crippen molar-refractivity contribution in [2.24, 2.45) is 5.92 Å². The van der Waals surface area contributed by atoms with Crippen LogP contribution in [0, 0.1) is 5.92 Å². The van der Waals surface area contributed by atoms with Gasteiger partial charge in [-0.3, -0.25) is 4.79 Å². The fraction of sp³-hybridized carbons (Fsp3) is 0.846. The summed E-state index contributed by atoms with van der Waals surface area (Å²) in [5.74, 6) is -1.25. The zero-order chi connectivity index (χ0) is 16.4. The number of carboxylic acids is 1. The summed E-state index contributed by atoms with van der Waals surface area (Å²) in [6.45, 7) is 5.31. The summed E-state index contributed by atoms with van der Waals surface area (Å²) in [5.41, 5.74) is 0. The van der Waals surface area contributed by atoms with E-state index in [0.717, 1.165) is 6.26 Å². The highest BCUT2D eigenvalue weighted by Crippen LogP contribution is 2.23. The van der Waals surface area contributed by atoms with Gasteiger partial charge in [-0.25, -0.2) is 13.2 Å². The molecule has 2 atom stereocenters. The molecular weight excluding hydrogens is 296 g/mol. The summed E-state index contributed by atoms with van der Waals surface area (Å²) in [4.78, 5) is 24.7. The molecule has 2 N–H and O–H groups in total. The van der Waals surface area contributed by atoms with Crippen molar-refractivity contribution in [2.45, 2.75) is 44.4 Å². The van der Waals surface area contributed by atoms with E-state index < -0.39 is 26.5 Å². The second-order valence-corrected chi connectivity index (χ2v) is 8.94. The Labute approximate surface area is 125 Å². The Balaban J connectivity index is 2.60. The number of likely N-dealkylation sites (tertiary alicyclic amines) is 1. The zero-order valence-corrected chi connectivity index (χ0v) is 13.7. The minimum atomic E-state index is -3.27. The number of hydrogen-bond acceptors (Lipinski definition) is 4. The third-order valence-electron chi connectivity index (χ3n) is 4.16. The van der Waals surface area contributed by atoms with Gasteiger partial charge >= 0.3 is 12.0 Å². The molecule has 1 fully saturated rings. The Morgan fingerprint density at radius 2 is 1.95 bits per heavy atom. The first-order valence-electron chi connectivity index (χ1n) is 6.92. The number of piperidine rings is 1. The highest BCUT2D eigenvalue weighted by Gasteiger charge is 2.34. The minimum absolute atomic E-state index is 0.0241. The highest BCUT2D eigenvalue weighted by molar-refractivity contribution is 7.92. The molecule has 1 rings (SSSR count). The van der Waals surface area contributed by atoms with Gasteiger partial charge in [-0.05, 0) is 33.6 Å². The van der Waals surface area contributed by atoms with Crippen molar-refractivity contribution in [3.8, 4) is 0 Å². The maximum absolute atomic E-state index is 12.1. The number of carboxylic acid groups (broad SMARTS) is 1. The largest absolute Gasteiger partial charge is 0.481 e. The molecule has 1 heterocycles. The van der Waals surface area contributed by atoms with Crippen LogP contribution in [0.4, 0.5) is 4.79 Å². The third-order valence-corrected chi connectivity index (χ3v) is 6.31. The number of amides is 2. The zero-order valence-electron chi connectivity index (χ0n) is 12.9. The monoisotopic (exact) mass is 320 g/mol. The Kier molecular flexibility index (Phi) is 5.25. The van der Waals surface area contributed by atoms with E-state index in [0.29, 0.717) is 19.4 Å². The summed E-state index contributed by atoms with van der Waals surface area (Å²) < 4.78 is 22.2. The molecule has 2 amide bonds. The number of carbonyl (C=O) groups excluding carboxylic acids is 1. The Morgan fingerprint density at radius 1 is 1.38 bits per heavy atom. The molecule has 7 nitrogen and oxygen atoms in total. The first kappa shape index (κ1) is 17.7. The molecule has 0 saturated carbocycles. The molecule has 0 bridgehead atoms. The normalized spacial score (nSPS) is 23.7. The first-order chi connectivity index (χ1) is 9.45. The van der Waals surface area contributed by atoms with Gasteiger partial charge in [0.15, 0.2) is 9.84 Å². The number of nitrogens with zero attached hydrogens (tertiary/aromatic N) is 1. The van der Waals surface area contributed by atoms with Crippen LogP contribution in [0.5, 0.6) is 0 Å². The molecule has 0 aromatic carbocycles. The Morgan fingerprint density at radius 3 is 2.38 bits per heavy atom. The Bertz CT molecular complexity index is 515. The summed E-state index contributed by atoms with van der Waals surface area (Å²) in [6, 6.07) is -0.524. The molecule has 1 aliphatic rings. The number of sulfone groups is 1. The molecule has 0 aromatic heterocycles. The van der Waals surface area contributed by atoms with Crippen LogP contribution in [0.2, 0.25) is 0 Å². The number of aliphatic carboxylic acids is 1. The quantitative estimate of drug-likeness (QED) is 0.793. The third kappa shape index (κ3) is 4.33. The van der Waals surface area contributed by atoms with E-state index in [-0.39, 0.29) is 18.6 Å². The second kappa shape index (κ2) is 6.21. The van der Waals surface area contributed by atoms with E-state index in [1.54, 1.807) is 25.7 Å². The lowest BCUT2D eigenvalue weighted by atomic mass is 9.92. The van der Waals surface area contributed by atoms with E-state index in [2.05, 4.69) is 5.32 Å². The van der Waals surface area contributed by atoms with Gasteiger partial charge in [0.05, 0.1) is 10.7 Å². The van der Waals surface area contributed by atoms with Crippen LogP contribution in [0.1, 0.15) is 33.6 Å².